The molecule has 0 radical (unpaired) electrons. The molecule has 3 rings (SSSR count). The second-order valence-corrected chi connectivity index (χ2v) is 7.40. The fourth-order valence-corrected chi connectivity index (χ4v) is 4.18. The quantitative estimate of drug-likeness (QED) is 0.662. The Hall–Kier alpha value is -2.10. The number of aryl methyl sites for hydroxylation is 1. The van der Waals surface area contributed by atoms with Gasteiger partial charge in [0.25, 0.3) is 5.91 Å². The van der Waals surface area contributed by atoms with E-state index in [1.165, 1.54) is 19.4 Å². The van der Waals surface area contributed by atoms with Crippen LogP contribution in [0.15, 0.2) is 36.7 Å². The number of nitrogens with one attached hydrogen (secondary N) is 1. The van der Waals surface area contributed by atoms with E-state index in [2.05, 4.69) is 10.3 Å². The monoisotopic (exact) mass is 417 g/mol. The van der Waals surface area contributed by atoms with Crippen LogP contribution in [0.1, 0.15) is 21.9 Å². The van der Waals surface area contributed by atoms with Crippen molar-refractivity contribution >= 4 is 38.9 Å². The van der Waals surface area contributed by atoms with Crippen LogP contribution in [-0.2, 0) is 12.6 Å². The van der Waals surface area contributed by atoms with Gasteiger partial charge < -0.3 is 15.0 Å². The molecule has 1 aromatic carbocycles. The number of carbonyl (C=O) groups excluding carboxylic acids is 1. The first-order chi connectivity index (χ1) is 12.6. The lowest BCUT2D eigenvalue weighted by molar-refractivity contribution is -0.272. The van der Waals surface area contributed by atoms with Crippen LogP contribution in [-0.4, -0.2) is 33.3 Å². The molecule has 10 heteroatoms. The third kappa shape index (κ3) is 3.54. The van der Waals surface area contributed by atoms with Gasteiger partial charge in [-0.05, 0) is 6.07 Å². The fraction of sp³-hybridized carbons (Fsp3) is 0.294. The van der Waals surface area contributed by atoms with Crippen molar-refractivity contribution in [2.24, 2.45) is 7.05 Å². The minimum Gasteiger partial charge on any atom is -0.374 e. The molecule has 3 aromatic rings. The number of aromatic nitrogens is 2. The molecule has 2 heterocycles. The topological polar surface area (TPSA) is 67.2 Å². The average Bonchev–Trinajstić information content (AvgIpc) is 3.18. The number of thiophene rings is 1. The second-order valence-electron chi connectivity index (χ2n) is 5.97. The number of imidazole rings is 1. The van der Waals surface area contributed by atoms with E-state index < -0.39 is 36.5 Å². The maximum atomic E-state index is 13.5. The fourth-order valence-electron chi connectivity index (χ4n) is 2.74. The summed E-state index contributed by atoms with van der Waals surface area (Å²) in [7, 11) is 1.36. The normalized spacial score (nSPS) is 14.3. The number of amides is 1. The Kier molecular flexibility index (Phi) is 5.20. The lowest BCUT2D eigenvalue weighted by Gasteiger charge is -2.29. The second kappa shape index (κ2) is 7.14. The molecule has 0 saturated heterocycles. The lowest BCUT2D eigenvalue weighted by Crippen LogP contribution is -2.46. The molecular weight excluding hydrogens is 403 g/mol. The van der Waals surface area contributed by atoms with Crippen LogP contribution >= 0.6 is 22.9 Å². The largest absolute Gasteiger partial charge is 0.424 e. The Morgan fingerprint density at radius 3 is 2.67 bits per heavy atom. The van der Waals surface area contributed by atoms with Gasteiger partial charge in [-0.3, -0.25) is 4.79 Å². The SMILES string of the molecule is Cn1ccnc1C(O)(CCNC(=O)c1sc2ccccc2c1Cl)C(F)(F)F. The molecule has 2 aromatic heterocycles. The number of fused-ring (bicyclic) bond motifs is 1. The van der Waals surface area contributed by atoms with E-state index >= 15 is 0 Å². The average molecular weight is 418 g/mol. The number of rotatable bonds is 5. The summed E-state index contributed by atoms with van der Waals surface area (Å²) in [5.74, 6) is -1.13. The Morgan fingerprint density at radius 1 is 1.37 bits per heavy atom. The molecule has 0 aliphatic carbocycles. The summed E-state index contributed by atoms with van der Waals surface area (Å²) >= 11 is 7.35. The van der Waals surface area contributed by atoms with Gasteiger partial charge in [-0.25, -0.2) is 4.98 Å². The molecule has 0 fully saturated rings. The first-order valence-electron chi connectivity index (χ1n) is 7.87. The van der Waals surface area contributed by atoms with E-state index in [1.54, 1.807) is 24.3 Å². The summed E-state index contributed by atoms with van der Waals surface area (Å²) in [4.78, 5) is 16.2. The highest BCUT2D eigenvalue weighted by molar-refractivity contribution is 7.21. The van der Waals surface area contributed by atoms with Crippen LogP contribution in [0.2, 0.25) is 5.02 Å². The molecule has 5 nitrogen and oxygen atoms in total. The van der Waals surface area contributed by atoms with Crippen LogP contribution in [0.3, 0.4) is 0 Å². The number of alkyl halides is 3. The van der Waals surface area contributed by atoms with E-state index in [9.17, 15) is 23.1 Å². The van der Waals surface area contributed by atoms with Crippen molar-refractivity contribution in [3.8, 4) is 0 Å². The van der Waals surface area contributed by atoms with Crippen molar-refractivity contribution in [2.45, 2.75) is 18.2 Å². The van der Waals surface area contributed by atoms with Gasteiger partial charge in [-0.2, -0.15) is 13.2 Å². The maximum absolute atomic E-state index is 13.5. The van der Waals surface area contributed by atoms with Crippen molar-refractivity contribution in [1.82, 2.24) is 14.9 Å². The summed E-state index contributed by atoms with van der Waals surface area (Å²) in [6, 6.07) is 7.13. The van der Waals surface area contributed by atoms with Gasteiger partial charge in [-0.15, -0.1) is 11.3 Å². The standard InChI is InChI=1S/C17H15ClF3N3O2S/c1-24-9-8-23-15(24)16(26,17(19,20)21)6-7-22-14(25)13-12(18)10-4-2-3-5-11(10)27-13/h2-5,8-9,26H,6-7H2,1H3,(H,22,25). The van der Waals surface area contributed by atoms with Crippen molar-refractivity contribution < 1.29 is 23.1 Å². The molecule has 0 aliphatic heterocycles. The maximum Gasteiger partial charge on any atom is 0.424 e. The Morgan fingerprint density at radius 2 is 2.07 bits per heavy atom. The lowest BCUT2D eigenvalue weighted by atomic mass is 9.97. The summed E-state index contributed by atoms with van der Waals surface area (Å²) in [5.41, 5.74) is -3.18. The number of hydrogen-bond acceptors (Lipinski definition) is 4. The molecule has 1 unspecified atom stereocenters. The van der Waals surface area contributed by atoms with Gasteiger partial charge in [0.2, 0.25) is 5.60 Å². The Labute approximate surface area is 161 Å². The molecule has 0 aliphatic rings. The number of carbonyl (C=O) groups is 1. The van der Waals surface area contributed by atoms with Gasteiger partial charge in [0.1, 0.15) is 10.7 Å². The summed E-state index contributed by atoms with van der Waals surface area (Å²) in [6.45, 7) is -0.410. The molecule has 2 N–H and O–H groups in total. The zero-order valence-electron chi connectivity index (χ0n) is 14.0. The molecule has 27 heavy (non-hydrogen) atoms. The van der Waals surface area contributed by atoms with E-state index in [-0.39, 0.29) is 9.90 Å². The van der Waals surface area contributed by atoms with Gasteiger partial charge in [0, 0.05) is 42.5 Å². The summed E-state index contributed by atoms with van der Waals surface area (Å²) < 4.78 is 42.3. The van der Waals surface area contributed by atoms with Crippen LogP contribution in [0.4, 0.5) is 13.2 Å². The van der Waals surface area contributed by atoms with Crippen LogP contribution in [0.25, 0.3) is 10.1 Å². The first kappa shape index (κ1) is 19.7. The number of hydrogen-bond donors (Lipinski definition) is 2. The molecule has 1 atom stereocenters. The Balaban J connectivity index is 1.76. The van der Waals surface area contributed by atoms with Crippen molar-refractivity contribution in [3.63, 3.8) is 0 Å². The van der Waals surface area contributed by atoms with E-state index in [1.807, 2.05) is 0 Å². The minimum atomic E-state index is -4.95. The van der Waals surface area contributed by atoms with E-state index in [0.717, 1.165) is 20.6 Å². The predicted molar refractivity (Wildman–Crippen MR) is 96.9 cm³/mol. The molecule has 1 amide bonds. The smallest absolute Gasteiger partial charge is 0.374 e. The molecular formula is C17H15ClF3N3O2S. The highest BCUT2D eigenvalue weighted by Crippen LogP contribution is 2.40. The zero-order chi connectivity index (χ0) is 19.8. The zero-order valence-corrected chi connectivity index (χ0v) is 15.6. The van der Waals surface area contributed by atoms with Crippen molar-refractivity contribution in [2.75, 3.05) is 6.54 Å². The van der Waals surface area contributed by atoms with Crippen LogP contribution in [0, 0.1) is 0 Å². The first-order valence-corrected chi connectivity index (χ1v) is 9.06. The van der Waals surface area contributed by atoms with Gasteiger partial charge in [0.05, 0.1) is 5.02 Å². The molecule has 144 valence electrons. The number of aliphatic hydroxyl groups is 1. The Bertz CT molecular complexity index is 985. The summed E-state index contributed by atoms with van der Waals surface area (Å²) in [6.07, 6.45) is -3.26. The van der Waals surface area contributed by atoms with E-state index in [4.69, 9.17) is 11.6 Å². The van der Waals surface area contributed by atoms with Crippen molar-refractivity contribution in [3.05, 3.63) is 52.4 Å². The van der Waals surface area contributed by atoms with Crippen LogP contribution in [0.5, 0.6) is 0 Å². The number of benzene rings is 1. The third-order valence-corrected chi connectivity index (χ3v) is 5.85. The number of halogens is 4. The highest BCUT2D eigenvalue weighted by atomic mass is 35.5. The molecule has 0 saturated carbocycles. The van der Waals surface area contributed by atoms with Gasteiger partial charge in [-0.1, -0.05) is 29.8 Å². The van der Waals surface area contributed by atoms with Gasteiger partial charge >= 0.3 is 6.18 Å². The summed E-state index contributed by atoms with van der Waals surface area (Å²) in [5, 5.41) is 13.6. The van der Waals surface area contributed by atoms with Crippen LogP contribution < -0.4 is 5.32 Å². The molecule has 0 bridgehead atoms. The van der Waals surface area contributed by atoms with E-state index in [0.29, 0.717) is 5.39 Å². The molecule has 0 spiro atoms. The predicted octanol–water partition coefficient (Wildman–Crippen LogP) is 3.86. The van der Waals surface area contributed by atoms with Crippen molar-refractivity contribution in [1.29, 1.82) is 0 Å². The highest BCUT2D eigenvalue weighted by Gasteiger charge is 2.57. The minimum absolute atomic E-state index is 0.213. The third-order valence-electron chi connectivity index (χ3n) is 4.17. The number of nitrogens with zero attached hydrogens (tertiary/aromatic N) is 2. The van der Waals surface area contributed by atoms with Gasteiger partial charge in [0.15, 0.2) is 0 Å².